The molecule has 4 aliphatic rings. The Bertz CT molecular complexity index is 299. The van der Waals surface area contributed by atoms with E-state index in [1.54, 1.807) is 0 Å². The van der Waals surface area contributed by atoms with Gasteiger partial charge in [0.05, 0.1) is 0 Å². The Hall–Kier alpha value is -0.330. The van der Waals surface area contributed by atoms with Gasteiger partial charge in [0, 0.05) is 11.8 Å². The molecule has 0 aromatic rings. The normalized spacial score (nSPS) is 48.7. The third-order valence-corrected chi connectivity index (χ3v) is 5.14. The van der Waals surface area contributed by atoms with Crippen LogP contribution in [0.25, 0.3) is 0 Å². The fraction of sp³-hybridized carbons (Fsp3) is 0.929. The highest BCUT2D eigenvalue weighted by Crippen LogP contribution is 2.59. The summed E-state index contributed by atoms with van der Waals surface area (Å²) in [6.45, 7) is 6.98. The van der Waals surface area contributed by atoms with Gasteiger partial charge in [-0.2, -0.15) is 0 Å². The summed E-state index contributed by atoms with van der Waals surface area (Å²) in [5, 5.41) is 0. The highest BCUT2D eigenvalue weighted by Gasteiger charge is 2.55. The van der Waals surface area contributed by atoms with E-state index < -0.39 is 0 Å². The van der Waals surface area contributed by atoms with Crippen molar-refractivity contribution in [3.63, 3.8) is 0 Å². The number of hydrogen-bond acceptors (Lipinski definition) is 1. The molecular formula is C14H22O. The average Bonchev–Trinajstić information content (AvgIpc) is 2.10. The largest absolute Gasteiger partial charge is 0.299 e. The van der Waals surface area contributed by atoms with Crippen molar-refractivity contribution in [3.8, 4) is 0 Å². The van der Waals surface area contributed by atoms with Gasteiger partial charge in [-0.05, 0) is 48.9 Å². The summed E-state index contributed by atoms with van der Waals surface area (Å²) in [6.07, 6.45) is 5.08. The van der Waals surface area contributed by atoms with Crippen LogP contribution in [-0.4, -0.2) is 5.78 Å². The minimum absolute atomic E-state index is 0.332. The van der Waals surface area contributed by atoms with Crippen LogP contribution in [0.3, 0.4) is 0 Å². The van der Waals surface area contributed by atoms with Crippen LogP contribution in [0.4, 0.5) is 0 Å². The Labute approximate surface area is 92.6 Å². The molecule has 84 valence electrons. The van der Waals surface area contributed by atoms with Gasteiger partial charge in [0.15, 0.2) is 0 Å². The van der Waals surface area contributed by atoms with E-state index in [4.69, 9.17) is 0 Å². The first-order valence-corrected chi connectivity index (χ1v) is 6.50. The van der Waals surface area contributed by atoms with Crippen LogP contribution >= 0.6 is 0 Å². The molecule has 4 bridgehead atoms. The molecule has 0 heterocycles. The Kier molecular flexibility index (Phi) is 1.88. The molecule has 15 heavy (non-hydrogen) atoms. The molecule has 4 unspecified atom stereocenters. The van der Waals surface area contributed by atoms with Gasteiger partial charge in [0.2, 0.25) is 0 Å². The number of rotatable bonds is 0. The van der Waals surface area contributed by atoms with Crippen molar-refractivity contribution >= 4 is 5.78 Å². The Morgan fingerprint density at radius 3 is 2.47 bits per heavy atom. The topological polar surface area (TPSA) is 17.1 Å². The molecule has 0 aliphatic heterocycles. The van der Waals surface area contributed by atoms with Gasteiger partial charge in [-0.1, -0.05) is 20.8 Å². The Balaban J connectivity index is 1.96. The lowest BCUT2D eigenvalue weighted by atomic mass is 9.47. The van der Waals surface area contributed by atoms with Gasteiger partial charge in [-0.25, -0.2) is 0 Å². The van der Waals surface area contributed by atoms with Crippen LogP contribution in [0.1, 0.15) is 46.5 Å². The zero-order chi connectivity index (χ0) is 10.8. The molecule has 0 radical (unpaired) electrons. The Morgan fingerprint density at radius 2 is 1.80 bits per heavy atom. The van der Waals surface area contributed by atoms with Gasteiger partial charge in [-0.15, -0.1) is 0 Å². The van der Waals surface area contributed by atoms with Crippen molar-refractivity contribution in [1.82, 2.24) is 0 Å². The highest BCUT2D eigenvalue weighted by molar-refractivity contribution is 5.85. The van der Waals surface area contributed by atoms with Gasteiger partial charge >= 0.3 is 0 Å². The monoisotopic (exact) mass is 206 g/mol. The van der Waals surface area contributed by atoms with Gasteiger partial charge in [-0.3, -0.25) is 4.79 Å². The van der Waals surface area contributed by atoms with Crippen LogP contribution in [-0.2, 0) is 4.79 Å². The molecule has 1 nitrogen and oxygen atoms in total. The first kappa shape index (κ1) is 9.86. The van der Waals surface area contributed by atoms with E-state index in [0.29, 0.717) is 29.0 Å². The summed E-state index contributed by atoms with van der Waals surface area (Å²) in [5.74, 6) is 3.97. The minimum Gasteiger partial charge on any atom is -0.299 e. The van der Waals surface area contributed by atoms with E-state index in [0.717, 1.165) is 11.8 Å². The third-order valence-electron chi connectivity index (χ3n) is 5.14. The van der Waals surface area contributed by atoms with Crippen LogP contribution in [0.15, 0.2) is 0 Å². The molecule has 0 spiro atoms. The molecule has 0 N–H and O–H groups in total. The number of Topliss-reactive ketones (excluding diaryl/α,β-unsaturated/α-hetero) is 1. The summed E-state index contributed by atoms with van der Waals surface area (Å²) >= 11 is 0. The quantitative estimate of drug-likeness (QED) is 0.594. The molecule has 0 aromatic carbocycles. The maximum atomic E-state index is 12.2. The zero-order valence-corrected chi connectivity index (χ0v) is 10.1. The Morgan fingerprint density at radius 1 is 1.07 bits per heavy atom. The van der Waals surface area contributed by atoms with E-state index in [9.17, 15) is 4.79 Å². The number of hydrogen-bond donors (Lipinski definition) is 0. The summed E-state index contributed by atoms with van der Waals surface area (Å²) in [7, 11) is 0. The predicted molar refractivity (Wildman–Crippen MR) is 60.4 cm³/mol. The number of ketones is 1. The van der Waals surface area contributed by atoms with Crippen molar-refractivity contribution in [2.24, 2.45) is 35.0 Å². The van der Waals surface area contributed by atoms with Gasteiger partial charge in [0.1, 0.15) is 5.78 Å². The molecular weight excluding hydrogens is 184 g/mol. The first-order chi connectivity index (χ1) is 6.97. The molecule has 4 rings (SSSR count). The predicted octanol–water partition coefficient (Wildman–Crippen LogP) is 3.28. The molecule has 5 atom stereocenters. The van der Waals surface area contributed by atoms with Crippen molar-refractivity contribution in [2.45, 2.75) is 46.5 Å². The molecule has 4 aliphatic carbocycles. The zero-order valence-electron chi connectivity index (χ0n) is 10.1. The van der Waals surface area contributed by atoms with E-state index in [1.807, 2.05) is 0 Å². The summed E-state index contributed by atoms with van der Waals surface area (Å²) in [6, 6.07) is 0. The van der Waals surface area contributed by atoms with Crippen LogP contribution in [0.2, 0.25) is 0 Å². The summed E-state index contributed by atoms with van der Waals surface area (Å²) in [5.41, 5.74) is 0.332. The maximum Gasteiger partial charge on any atom is 0.139 e. The summed E-state index contributed by atoms with van der Waals surface area (Å²) < 4.78 is 0. The molecule has 0 aromatic heterocycles. The molecule has 4 saturated carbocycles. The molecule has 0 saturated heterocycles. The fourth-order valence-electron chi connectivity index (χ4n) is 4.94. The van der Waals surface area contributed by atoms with Crippen molar-refractivity contribution in [2.75, 3.05) is 0 Å². The lowest BCUT2D eigenvalue weighted by Gasteiger charge is -2.57. The highest BCUT2D eigenvalue weighted by atomic mass is 16.1. The third kappa shape index (κ3) is 1.31. The smallest absolute Gasteiger partial charge is 0.139 e. The van der Waals surface area contributed by atoms with E-state index >= 15 is 0 Å². The minimum atomic E-state index is 0.332. The van der Waals surface area contributed by atoms with Gasteiger partial charge in [0.25, 0.3) is 0 Å². The van der Waals surface area contributed by atoms with E-state index in [-0.39, 0.29) is 0 Å². The lowest BCUT2D eigenvalue weighted by Crippen LogP contribution is -2.54. The number of carbonyl (C=O) groups excluding carboxylic acids is 1. The van der Waals surface area contributed by atoms with Crippen molar-refractivity contribution in [3.05, 3.63) is 0 Å². The van der Waals surface area contributed by atoms with Crippen LogP contribution < -0.4 is 0 Å². The first-order valence-electron chi connectivity index (χ1n) is 6.50. The molecule has 1 heteroatoms. The van der Waals surface area contributed by atoms with Crippen molar-refractivity contribution in [1.29, 1.82) is 0 Å². The summed E-state index contributed by atoms with van der Waals surface area (Å²) in [4.78, 5) is 12.2. The average molecular weight is 206 g/mol. The van der Waals surface area contributed by atoms with Crippen LogP contribution in [0, 0.1) is 35.0 Å². The lowest BCUT2D eigenvalue weighted by molar-refractivity contribution is -0.153. The van der Waals surface area contributed by atoms with E-state index in [2.05, 4.69) is 20.8 Å². The SMILES string of the molecule is CC(C)(C)[C@@H]1C2CC3CC(C2)C(=O)C1C3. The standard InChI is InChI=1S/C14H22O/c1-14(2,3)12-9-4-8-5-10(7-9)13(15)11(12)6-8/h8-12H,4-7H2,1-3H3/t8?,9?,10?,11?,12-/m1/s1. The van der Waals surface area contributed by atoms with Crippen molar-refractivity contribution < 1.29 is 4.79 Å². The number of carbonyl (C=O) groups is 1. The van der Waals surface area contributed by atoms with Crippen LogP contribution in [0.5, 0.6) is 0 Å². The second-order valence-corrected chi connectivity index (χ2v) is 7.17. The maximum absolute atomic E-state index is 12.2. The second-order valence-electron chi connectivity index (χ2n) is 7.17. The molecule has 4 fully saturated rings. The fourth-order valence-corrected chi connectivity index (χ4v) is 4.94. The second kappa shape index (κ2) is 2.87. The van der Waals surface area contributed by atoms with Gasteiger partial charge < -0.3 is 0 Å². The molecule has 0 amide bonds. The van der Waals surface area contributed by atoms with E-state index in [1.165, 1.54) is 25.7 Å².